The summed E-state index contributed by atoms with van der Waals surface area (Å²) in [6, 6.07) is 9.02. The van der Waals surface area contributed by atoms with Crippen molar-refractivity contribution in [1.29, 1.82) is 0 Å². The third-order valence-electron chi connectivity index (χ3n) is 3.11. The van der Waals surface area contributed by atoms with Crippen molar-refractivity contribution < 1.29 is 19.1 Å². The quantitative estimate of drug-likeness (QED) is 0.740. The molecule has 1 aliphatic rings. The van der Waals surface area contributed by atoms with Crippen molar-refractivity contribution in [3.8, 4) is 11.6 Å². The second-order valence-corrected chi connectivity index (χ2v) is 5.59. The molecule has 0 N–H and O–H groups in total. The number of hydrogen-bond acceptors (Lipinski definition) is 5. The molecule has 0 atom stereocenters. The summed E-state index contributed by atoms with van der Waals surface area (Å²) >= 11 is 1.80. The summed E-state index contributed by atoms with van der Waals surface area (Å²) in [4.78, 5) is 14.1. The fourth-order valence-corrected chi connectivity index (χ4v) is 2.99. The Morgan fingerprint density at radius 1 is 1.30 bits per heavy atom. The monoisotopic (exact) mass is 291 g/mol. The van der Waals surface area contributed by atoms with Gasteiger partial charge in [0.1, 0.15) is 0 Å². The van der Waals surface area contributed by atoms with Crippen LogP contribution in [0.2, 0.25) is 0 Å². The lowest BCUT2D eigenvalue weighted by Gasteiger charge is -2.24. The van der Waals surface area contributed by atoms with Crippen LogP contribution in [0.25, 0.3) is 5.69 Å². The van der Waals surface area contributed by atoms with E-state index in [-0.39, 0.29) is 11.6 Å². The molecule has 2 heterocycles. The van der Waals surface area contributed by atoms with Crippen LogP contribution in [0.4, 0.5) is 0 Å². The predicted molar refractivity (Wildman–Crippen MR) is 70.7 cm³/mol. The molecule has 20 heavy (non-hydrogen) atoms. The van der Waals surface area contributed by atoms with E-state index in [1.165, 1.54) is 4.68 Å². The molecule has 1 fully saturated rings. The lowest BCUT2D eigenvalue weighted by atomic mass is 10.3. The Bertz CT molecular complexity index is 609. The minimum absolute atomic E-state index is 0.0388. The Hall–Kier alpha value is -2.02. The number of carbonyl (C=O) groups excluding carboxylic acids is 1. The van der Waals surface area contributed by atoms with Crippen molar-refractivity contribution in [3.05, 3.63) is 36.0 Å². The Morgan fingerprint density at radius 2 is 2.00 bits per heavy atom. The zero-order valence-electron chi connectivity index (χ0n) is 10.7. The van der Waals surface area contributed by atoms with Crippen molar-refractivity contribution in [2.24, 2.45) is 0 Å². The molecule has 0 spiro atoms. The van der Waals surface area contributed by atoms with Crippen molar-refractivity contribution in [1.82, 2.24) is 10.2 Å². The third kappa shape index (κ3) is 2.36. The maximum Gasteiger partial charge on any atom is 0.327 e. The molecule has 1 amide bonds. The number of thioether (sulfide) groups is 1. The van der Waals surface area contributed by atoms with Crippen molar-refractivity contribution in [2.45, 2.75) is 0 Å². The fourth-order valence-electron chi connectivity index (χ4n) is 2.09. The lowest BCUT2D eigenvalue weighted by molar-refractivity contribution is -0.672. The highest BCUT2D eigenvalue weighted by Crippen LogP contribution is 2.16. The van der Waals surface area contributed by atoms with Gasteiger partial charge in [0.2, 0.25) is 5.69 Å². The molecule has 0 saturated carbocycles. The minimum Gasteiger partial charge on any atom is -0.538 e. The van der Waals surface area contributed by atoms with E-state index >= 15 is 0 Å². The van der Waals surface area contributed by atoms with Crippen LogP contribution in [0.3, 0.4) is 0 Å². The van der Waals surface area contributed by atoms with E-state index in [0.29, 0.717) is 18.8 Å². The van der Waals surface area contributed by atoms with Crippen LogP contribution >= 0.6 is 11.8 Å². The summed E-state index contributed by atoms with van der Waals surface area (Å²) in [7, 11) is 0. The van der Waals surface area contributed by atoms with Gasteiger partial charge in [0.25, 0.3) is 0 Å². The first-order chi connectivity index (χ1) is 9.77. The van der Waals surface area contributed by atoms with E-state index < -0.39 is 5.95 Å². The van der Waals surface area contributed by atoms with Gasteiger partial charge in [-0.15, -0.1) is 0 Å². The van der Waals surface area contributed by atoms with Gasteiger partial charge in [0, 0.05) is 36.7 Å². The Morgan fingerprint density at radius 3 is 2.70 bits per heavy atom. The van der Waals surface area contributed by atoms with E-state index in [9.17, 15) is 9.90 Å². The van der Waals surface area contributed by atoms with E-state index in [2.05, 4.69) is 9.79 Å². The number of benzene rings is 1. The topological polar surface area (TPSA) is 73.3 Å². The van der Waals surface area contributed by atoms with Crippen LogP contribution in [0.15, 0.2) is 34.9 Å². The van der Waals surface area contributed by atoms with Crippen LogP contribution in [0, 0.1) is 0 Å². The SMILES string of the molecule is O=C(c1c([O-])on[n+]1-c1ccccc1)N1CCSCC1. The highest BCUT2D eigenvalue weighted by molar-refractivity contribution is 7.99. The largest absolute Gasteiger partial charge is 0.538 e. The number of para-hydroxylation sites is 1. The highest BCUT2D eigenvalue weighted by Gasteiger charge is 2.32. The summed E-state index contributed by atoms with van der Waals surface area (Å²) in [6.07, 6.45) is 0. The number of aromatic nitrogens is 2. The molecule has 104 valence electrons. The zero-order chi connectivity index (χ0) is 13.9. The first-order valence-corrected chi connectivity index (χ1v) is 7.44. The predicted octanol–water partition coefficient (Wildman–Crippen LogP) is 0.214. The Labute approximate surface area is 120 Å². The molecule has 2 aromatic rings. The van der Waals surface area contributed by atoms with Gasteiger partial charge in [0.15, 0.2) is 5.95 Å². The number of rotatable bonds is 2. The third-order valence-corrected chi connectivity index (χ3v) is 4.05. The van der Waals surface area contributed by atoms with Crippen molar-refractivity contribution >= 4 is 17.7 Å². The van der Waals surface area contributed by atoms with Crippen LogP contribution in [-0.4, -0.2) is 40.7 Å². The average molecular weight is 291 g/mol. The molecular weight excluding hydrogens is 278 g/mol. The van der Waals surface area contributed by atoms with Gasteiger partial charge < -0.3 is 14.5 Å². The summed E-state index contributed by atoms with van der Waals surface area (Å²) in [5.41, 5.74) is 0.594. The van der Waals surface area contributed by atoms with Gasteiger partial charge in [-0.05, 0) is 4.68 Å². The van der Waals surface area contributed by atoms with Gasteiger partial charge >= 0.3 is 11.6 Å². The summed E-state index contributed by atoms with van der Waals surface area (Å²) in [5, 5.41) is 15.5. The van der Waals surface area contributed by atoms with Crippen LogP contribution in [-0.2, 0) is 0 Å². The van der Waals surface area contributed by atoms with Crippen molar-refractivity contribution in [3.63, 3.8) is 0 Å². The lowest BCUT2D eigenvalue weighted by Crippen LogP contribution is -2.46. The van der Waals surface area contributed by atoms with E-state index in [1.54, 1.807) is 28.8 Å². The molecule has 1 aromatic carbocycles. The molecular formula is C13H13N3O3S. The number of hydrogen-bond donors (Lipinski definition) is 0. The second-order valence-electron chi connectivity index (χ2n) is 4.36. The van der Waals surface area contributed by atoms with E-state index in [0.717, 1.165) is 11.5 Å². The highest BCUT2D eigenvalue weighted by atomic mass is 32.2. The number of amides is 1. The maximum absolute atomic E-state index is 12.5. The molecule has 6 nitrogen and oxygen atoms in total. The molecule has 0 aliphatic carbocycles. The molecule has 0 unspecified atom stereocenters. The van der Waals surface area contributed by atoms with Crippen molar-refractivity contribution in [2.75, 3.05) is 24.6 Å². The molecule has 1 aliphatic heterocycles. The van der Waals surface area contributed by atoms with E-state index in [4.69, 9.17) is 0 Å². The van der Waals surface area contributed by atoms with Gasteiger partial charge in [-0.1, -0.05) is 18.2 Å². The Kier molecular flexibility index (Phi) is 3.60. The van der Waals surface area contributed by atoms with Crippen LogP contribution in [0.1, 0.15) is 10.5 Å². The van der Waals surface area contributed by atoms with Gasteiger partial charge in [-0.2, -0.15) is 11.8 Å². The van der Waals surface area contributed by atoms with E-state index in [1.807, 2.05) is 18.2 Å². The molecule has 0 bridgehead atoms. The standard InChI is InChI=1S/C13H13N3O3S/c17-12(15-6-8-20-9-7-15)11-13(18)19-14-16(11)10-4-2-1-3-5-10/h1-5H,6-9H2. The zero-order valence-corrected chi connectivity index (χ0v) is 11.5. The smallest absolute Gasteiger partial charge is 0.327 e. The maximum atomic E-state index is 12.5. The first-order valence-electron chi connectivity index (χ1n) is 6.29. The molecule has 1 aromatic heterocycles. The van der Waals surface area contributed by atoms with Gasteiger partial charge in [-0.25, -0.2) is 0 Å². The number of carbonyl (C=O) groups is 1. The van der Waals surface area contributed by atoms with Gasteiger partial charge in [0.05, 0.1) is 5.27 Å². The summed E-state index contributed by atoms with van der Waals surface area (Å²) < 4.78 is 5.94. The Balaban J connectivity index is 1.97. The normalized spacial score (nSPS) is 15.3. The van der Waals surface area contributed by atoms with Gasteiger partial charge in [-0.3, -0.25) is 4.79 Å². The minimum atomic E-state index is -0.697. The molecule has 0 radical (unpaired) electrons. The second kappa shape index (κ2) is 5.54. The number of nitrogens with zero attached hydrogens (tertiary/aromatic N) is 3. The van der Waals surface area contributed by atoms with Crippen LogP contribution < -0.4 is 9.79 Å². The average Bonchev–Trinajstić information content (AvgIpc) is 2.90. The molecule has 7 heteroatoms. The first kappa shape index (κ1) is 13.0. The summed E-state index contributed by atoms with van der Waals surface area (Å²) in [6.45, 7) is 1.28. The fraction of sp³-hybridized carbons (Fsp3) is 0.308. The molecule has 1 saturated heterocycles. The summed E-state index contributed by atoms with van der Waals surface area (Å²) in [5.74, 6) is 0.755. The molecule has 3 rings (SSSR count). The van der Waals surface area contributed by atoms with Crippen LogP contribution in [0.5, 0.6) is 5.95 Å².